The lowest BCUT2D eigenvalue weighted by atomic mass is 10.1. The molecule has 0 bridgehead atoms. The van der Waals surface area contributed by atoms with Crippen molar-refractivity contribution in [2.45, 2.75) is 18.9 Å². The second-order valence-electron chi connectivity index (χ2n) is 5.90. The highest BCUT2D eigenvalue weighted by atomic mass is 32.2. The molecule has 1 atom stereocenters. The van der Waals surface area contributed by atoms with Crippen molar-refractivity contribution in [2.75, 3.05) is 44.8 Å². The van der Waals surface area contributed by atoms with Gasteiger partial charge in [0.1, 0.15) is 5.75 Å². The van der Waals surface area contributed by atoms with Gasteiger partial charge in [-0.05, 0) is 30.7 Å². The van der Waals surface area contributed by atoms with Gasteiger partial charge in [0.05, 0.1) is 12.7 Å². The molecule has 2 aliphatic heterocycles. The monoisotopic (exact) mass is 320 g/mol. The number of ether oxygens (including phenoxy) is 1. The van der Waals surface area contributed by atoms with E-state index in [1.165, 1.54) is 17.9 Å². The molecule has 2 saturated heterocycles. The van der Waals surface area contributed by atoms with E-state index in [0.29, 0.717) is 17.4 Å². The molecule has 0 saturated carbocycles. The van der Waals surface area contributed by atoms with Gasteiger partial charge in [0.15, 0.2) is 0 Å². The van der Waals surface area contributed by atoms with Crippen molar-refractivity contribution in [3.8, 4) is 5.75 Å². The number of methoxy groups -OCH3 is 1. The fourth-order valence-electron chi connectivity index (χ4n) is 3.31. The number of nitrogens with zero attached hydrogens (tertiary/aromatic N) is 2. The minimum atomic E-state index is 0.0973. The van der Waals surface area contributed by atoms with Gasteiger partial charge in [0, 0.05) is 38.0 Å². The zero-order chi connectivity index (χ0) is 15.4. The zero-order valence-electron chi connectivity index (χ0n) is 13.2. The molecule has 0 aromatic heterocycles. The van der Waals surface area contributed by atoms with Crippen molar-refractivity contribution in [2.24, 2.45) is 0 Å². The molecule has 0 spiro atoms. The van der Waals surface area contributed by atoms with Crippen LogP contribution in [-0.4, -0.2) is 66.5 Å². The third-order valence-corrected chi connectivity index (χ3v) is 5.72. The topological polar surface area (TPSA) is 32.8 Å². The summed E-state index contributed by atoms with van der Waals surface area (Å²) in [5.74, 6) is 3.30. The first-order valence-electron chi connectivity index (χ1n) is 8.03. The Bertz CT molecular complexity index is 517. The molecule has 3 rings (SSSR count). The maximum atomic E-state index is 12.8. The van der Waals surface area contributed by atoms with Gasteiger partial charge in [-0.1, -0.05) is 12.1 Å². The lowest BCUT2D eigenvalue weighted by molar-refractivity contribution is 0.0755. The first-order chi connectivity index (χ1) is 10.8. The van der Waals surface area contributed by atoms with Crippen LogP contribution in [0.4, 0.5) is 0 Å². The lowest BCUT2D eigenvalue weighted by Gasteiger charge is -2.27. The van der Waals surface area contributed by atoms with Crippen molar-refractivity contribution in [1.29, 1.82) is 0 Å². The van der Waals surface area contributed by atoms with Crippen LogP contribution in [0.3, 0.4) is 0 Å². The normalized spacial score (nSPS) is 23.3. The van der Waals surface area contributed by atoms with Gasteiger partial charge < -0.3 is 9.64 Å². The van der Waals surface area contributed by atoms with E-state index in [1.54, 1.807) is 7.11 Å². The minimum Gasteiger partial charge on any atom is -0.496 e. The number of carbonyl (C=O) groups is 1. The Morgan fingerprint density at radius 3 is 2.86 bits per heavy atom. The number of benzene rings is 1. The number of amides is 1. The third-order valence-electron chi connectivity index (χ3n) is 4.58. The molecule has 120 valence electrons. The first-order valence-corrected chi connectivity index (χ1v) is 9.19. The van der Waals surface area contributed by atoms with Crippen molar-refractivity contribution in [3.63, 3.8) is 0 Å². The Morgan fingerprint density at radius 2 is 2.09 bits per heavy atom. The van der Waals surface area contributed by atoms with E-state index in [-0.39, 0.29) is 5.91 Å². The van der Waals surface area contributed by atoms with E-state index in [9.17, 15) is 4.79 Å². The molecule has 2 aliphatic rings. The number of rotatable bonds is 3. The molecular weight excluding hydrogens is 296 g/mol. The Labute approximate surface area is 136 Å². The van der Waals surface area contributed by atoms with Crippen LogP contribution in [0, 0.1) is 0 Å². The summed E-state index contributed by atoms with van der Waals surface area (Å²) in [6.07, 6.45) is 2.35. The summed E-state index contributed by atoms with van der Waals surface area (Å²) in [6, 6.07) is 8.23. The van der Waals surface area contributed by atoms with Crippen molar-refractivity contribution >= 4 is 17.7 Å². The molecule has 22 heavy (non-hydrogen) atoms. The molecule has 0 N–H and O–H groups in total. The van der Waals surface area contributed by atoms with Gasteiger partial charge in [-0.15, -0.1) is 0 Å². The number of para-hydroxylation sites is 1. The molecule has 2 fully saturated rings. The van der Waals surface area contributed by atoms with Gasteiger partial charge in [-0.3, -0.25) is 9.69 Å². The number of hydrogen-bond acceptors (Lipinski definition) is 4. The summed E-state index contributed by atoms with van der Waals surface area (Å²) < 4.78 is 5.33. The van der Waals surface area contributed by atoms with Crippen molar-refractivity contribution in [3.05, 3.63) is 29.8 Å². The van der Waals surface area contributed by atoms with Crippen LogP contribution in [0.2, 0.25) is 0 Å². The van der Waals surface area contributed by atoms with E-state index in [2.05, 4.69) is 16.7 Å². The highest BCUT2D eigenvalue weighted by Gasteiger charge is 2.27. The predicted molar refractivity (Wildman–Crippen MR) is 90.8 cm³/mol. The van der Waals surface area contributed by atoms with E-state index in [0.717, 1.165) is 32.6 Å². The summed E-state index contributed by atoms with van der Waals surface area (Å²) in [5.41, 5.74) is 0.676. The van der Waals surface area contributed by atoms with Crippen LogP contribution in [-0.2, 0) is 0 Å². The van der Waals surface area contributed by atoms with Crippen molar-refractivity contribution in [1.82, 2.24) is 9.80 Å². The summed E-state index contributed by atoms with van der Waals surface area (Å²) in [4.78, 5) is 17.3. The SMILES string of the molecule is COc1ccccc1C(=O)N1CCCN(C2CCSC2)CC1. The quantitative estimate of drug-likeness (QED) is 0.856. The van der Waals surface area contributed by atoms with E-state index >= 15 is 0 Å². The third kappa shape index (κ3) is 3.41. The molecule has 1 aromatic carbocycles. The molecule has 0 radical (unpaired) electrons. The average molecular weight is 320 g/mol. The predicted octanol–water partition coefficient (Wildman–Crippen LogP) is 2.35. The summed E-state index contributed by atoms with van der Waals surface area (Å²) in [5, 5.41) is 0. The Kier molecular flexibility index (Phi) is 5.26. The smallest absolute Gasteiger partial charge is 0.257 e. The second-order valence-corrected chi connectivity index (χ2v) is 7.05. The molecule has 2 heterocycles. The van der Waals surface area contributed by atoms with Gasteiger partial charge in [-0.2, -0.15) is 11.8 Å². The summed E-state index contributed by atoms with van der Waals surface area (Å²) >= 11 is 2.05. The average Bonchev–Trinajstić information content (AvgIpc) is 2.99. The zero-order valence-corrected chi connectivity index (χ0v) is 14.0. The van der Waals surface area contributed by atoms with Gasteiger partial charge in [-0.25, -0.2) is 0 Å². The highest BCUT2D eigenvalue weighted by molar-refractivity contribution is 7.99. The van der Waals surface area contributed by atoms with E-state index in [1.807, 2.05) is 29.2 Å². The maximum absolute atomic E-state index is 12.8. The number of hydrogen-bond donors (Lipinski definition) is 0. The summed E-state index contributed by atoms with van der Waals surface area (Å²) in [6.45, 7) is 3.76. The summed E-state index contributed by atoms with van der Waals surface area (Å²) in [7, 11) is 1.62. The Hall–Kier alpha value is -1.20. The largest absolute Gasteiger partial charge is 0.496 e. The van der Waals surface area contributed by atoms with Gasteiger partial charge in [0.25, 0.3) is 5.91 Å². The highest BCUT2D eigenvalue weighted by Crippen LogP contribution is 2.24. The van der Waals surface area contributed by atoms with Crippen LogP contribution < -0.4 is 4.74 Å². The van der Waals surface area contributed by atoms with Gasteiger partial charge >= 0.3 is 0 Å². The van der Waals surface area contributed by atoms with Crippen LogP contribution in [0.15, 0.2) is 24.3 Å². The molecule has 0 aliphatic carbocycles. The maximum Gasteiger partial charge on any atom is 0.257 e. The van der Waals surface area contributed by atoms with Crippen molar-refractivity contribution < 1.29 is 9.53 Å². The Balaban J connectivity index is 1.66. The molecule has 1 amide bonds. The Morgan fingerprint density at radius 1 is 1.23 bits per heavy atom. The van der Waals surface area contributed by atoms with Crippen LogP contribution in [0.1, 0.15) is 23.2 Å². The van der Waals surface area contributed by atoms with Gasteiger partial charge in [0.2, 0.25) is 0 Å². The molecule has 1 unspecified atom stereocenters. The fourth-order valence-corrected chi connectivity index (χ4v) is 4.56. The van der Waals surface area contributed by atoms with Crippen LogP contribution in [0.5, 0.6) is 5.75 Å². The minimum absolute atomic E-state index is 0.0973. The second kappa shape index (κ2) is 7.38. The molecule has 5 heteroatoms. The van der Waals surface area contributed by atoms with Crippen LogP contribution in [0.25, 0.3) is 0 Å². The molecular formula is C17H24N2O2S. The molecule has 4 nitrogen and oxygen atoms in total. The molecule has 1 aromatic rings. The fraction of sp³-hybridized carbons (Fsp3) is 0.588. The number of carbonyl (C=O) groups excluding carboxylic acids is 1. The first kappa shape index (κ1) is 15.7. The van der Waals surface area contributed by atoms with Crippen LogP contribution >= 0.6 is 11.8 Å². The standard InChI is InChI=1S/C17H24N2O2S/c1-21-16-6-3-2-5-15(16)17(20)19-9-4-8-18(10-11-19)14-7-12-22-13-14/h2-3,5-6,14H,4,7-13H2,1H3. The number of thioether (sulfide) groups is 1. The van der Waals surface area contributed by atoms with E-state index in [4.69, 9.17) is 4.74 Å². The lowest BCUT2D eigenvalue weighted by Crippen LogP contribution is -2.39. The van der Waals surface area contributed by atoms with E-state index < -0.39 is 0 Å².